The van der Waals surface area contributed by atoms with E-state index in [1.54, 1.807) is 0 Å². The van der Waals surface area contributed by atoms with Gasteiger partial charge < -0.3 is 9.84 Å². The molecule has 0 heterocycles. The summed E-state index contributed by atoms with van der Waals surface area (Å²) in [6.07, 6.45) is 11.2. The van der Waals surface area contributed by atoms with Crippen LogP contribution in [0, 0.1) is 10.1 Å². The molecule has 26 heavy (non-hydrogen) atoms. The summed E-state index contributed by atoms with van der Waals surface area (Å²) in [4.78, 5) is 21.8. The SMILES string of the molecule is CC(O)CCCCCCCCCCCC(=O)Oc1ccc([N+](=O)[O-])cc1. The number of hydrogen-bond donors (Lipinski definition) is 1. The van der Waals surface area contributed by atoms with Gasteiger partial charge in [0.2, 0.25) is 0 Å². The first-order valence-corrected chi connectivity index (χ1v) is 9.62. The number of esters is 1. The molecule has 0 aromatic heterocycles. The summed E-state index contributed by atoms with van der Waals surface area (Å²) in [6, 6.07) is 5.54. The van der Waals surface area contributed by atoms with Crippen molar-refractivity contribution in [3.63, 3.8) is 0 Å². The van der Waals surface area contributed by atoms with E-state index in [0.29, 0.717) is 12.2 Å². The molecule has 0 saturated carbocycles. The van der Waals surface area contributed by atoms with E-state index < -0.39 is 4.92 Å². The summed E-state index contributed by atoms with van der Waals surface area (Å²) in [5.74, 6) is 0.0492. The second-order valence-electron chi connectivity index (χ2n) is 6.79. The summed E-state index contributed by atoms with van der Waals surface area (Å²) in [5, 5.41) is 19.7. The molecule has 1 aromatic carbocycles. The van der Waals surface area contributed by atoms with Gasteiger partial charge >= 0.3 is 5.97 Å². The molecule has 1 atom stereocenters. The van der Waals surface area contributed by atoms with Crippen LogP contribution in [0.3, 0.4) is 0 Å². The number of ether oxygens (including phenoxy) is 1. The van der Waals surface area contributed by atoms with Crippen LogP contribution in [-0.2, 0) is 4.79 Å². The number of aliphatic hydroxyl groups is 1. The third-order valence-corrected chi connectivity index (χ3v) is 4.28. The third-order valence-electron chi connectivity index (χ3n) is 4.28. The lowest BCUT2D eigenvalue weighted by molar-refractivity contribution is -0.384. The van der Waals surface area contributed by atoms with E-state index >= 15 is 0 Å². The van der Waals surface area contributed by atoms with E-state index in [0.717, 1.165) is 32.1 Å². The highest BCUT2D eigenvalue weighted by Gasteiger charge is 2.08. The summed E-state index contributed by atoms with van der Waals surface area (Å²) in [5.41, 5.74) is -0.0206. The predicted molar refractivity (Wildman–Crippen MR) is 101 cm³/mol. The van der Waals surface area contributed by atoms with Crippen molar-refractivity contribution in [1.29, 1.82) is 0 Å². The lowest BCUT2D eigenvalue weighted by Gasteiger charge is -2.05. The van der Waals surface area contributed by atoms with Gasteiger partial charge in [-0.2, -0.15) is 0 Å². The molecule has 6 nitrogen and oxygen atoms in total. The second-order valence-corrected chi connectivity index (χ2v) is 6.79. The molecular weight excluding hydrogens is 334 g/mol. The molecule has 1 N–H and O–H groups in total. The van der Waals surface area contributed by atoms with E-state index in [9.17, 15) is 20.0 Å². The number of unbranched alkanes of at least 4 members (excludes halogenated alkanes) is 8. The van der Waals surface area contributed by atoms with Crippen LogP contribution in [0.1, 0.15) is 77.6 Å². The average Bonchev–Trinajstić information content (AvgIpc) is 2.59. The minimum Gasteiger partial charge on any atom is -0.427 e. The topological polar surface area (TPSA) is 89.7 Å². The summed E-state index contributed by atoms with van der Waals surface area (Å²) in [7, 11) is 0. The van der Waals surface area contributed by atoms with Crippen molar-refractivity contribution in [1.82, 2.24) is 0 Å². The van der Waals surface area contributed by atoms with Crippen LogP contribution in [0.4, 0.5) is 5.69 Å². The number of benzene rings is 1. The first kappa shape index (κ1) is 22.1. The van der Waals surface area contributed by atoms with Crippen molar-refractivity contribution < 1.29 is 19.6 Å². The molecule has 0 aliphatic carbocycles. The number of nitro benzene ring substituents is 1. The Kier molecular flexibility index (Phi) is 11.3. The summed E-state index contributed by atoms with van der Waals surface area (Å²) < 4.78 is 5.17. The molecule has 0 fully saturated rings. The first-order valence-electron chi connectivity index (χ1n) is 9.62. The standard InChI is InChI=1S/C20H31NO5/c1-17(22)11-9-7-5-3-2-4-6-8-10-12-20(23)26-19-15-13-18(14-16-19)21(24)25/h13-17,22H,2-12H2,1H3. The number of nitrogens with zero attached hydrogens (tertiary/aromatic N) is 1. The number of rotatable bonds is 14. The Morgan fingerprint density at radius 3 is 2.00 bits per heavy atom. The van der Waals surface area contributed by atoms with E-state index in [1.165, 1.54) is 56.4 Å². The fraction of sp³-hybridized carbons (Fsp3) is 0.650. The van der Waals surface area contributed by atoms with Crippen LogP contribution in [0.5, 0.6) is 5.75 Å². The molecule has 0 aliphatic heterocycles. The van der Waals surface area contributed by atoms with E-state index in [-0.39, 0.29) is 17.8 Å². The van der Waals surface area contributed by atoms with Gasteiger partial charge in [0.15, 0.2) is 0 Å². The van der Waals surface area contributed by atoms with Crippen molar-refractivity contribution >= 4 is 11.7 Å². The van der Waals surface area contributed by atoms with Crippen molar-refractivity contribution in [2.24, 2.45) is 0 Å². The Labute approximate surface area is 155 Å². The Bertz CT molecular complexity index is 528. The molecule has 0 aliphatic rings. The number of carbonyl (C=O) groups is 1. The molecule has 6 heteroatoms. The van der Waals surface area contributed by atoms with Gasteiger partial charge in [0.05, 0.1) is 11.0 Å². The molecule has 1 aromatic rings. The van der Waals surface area contributed by atoms with Crippen LogP contribution < -0.4 is 4.74 Å². The Hall–Kier alpha value is -1.95. The average molecular weight is 365 g/mol. The highest BCUT2D eigenvalue weighted by molar-refractivity contribution is 5.72. The van der Waals surface area contributed by atoms with Gasteiger partial charge in [-0.3, -0.25) is 14.9 Å². The maximum Gasteiger partial charge on any atom is 0.311 e. The Balaban J connectivity index is 1.97. The zero-order valence-electron chi connectivity index (χ0n) is 15.7. The highest BCUT2D eigenvalue weighted by Crippen LogP contribution is 2.18. The third kappa shape index (κ3) is 10.8. The molecule has 146 valence electrons. The monoisotopic (exact) mass is 365 g/mol. The first-order chi connectivity index (χ1) is 12.5. The van der Waals surface area contributed by atoms with Gasteiger partial charge in [0.1, 0.15) is 5.75 Å². The minimum absolute atomic E-state index is 0.0206. The zero-order valence-corrected chi connectivity index (χ0v) is 15.7. The molecule has 0 amide bonds. The maximum absolute atomic E-state index is 11.7. The molecule has 0 bridgehead atoms. The van der Waals surface area contributed by atoms with Gasteiger partial charge in [-0.1, -0.05) is 51.4 Å². The van der Waals surface area contributed by atoms with Gasteiger partial charge in [-0.15, -0.1) is 0 Å². The number of nitro groups is 1. The predicted octanol–water partition coefficient (Wildman–Crippen LogP) is 5.17. The lowest BCUT2D eigenvalue weighted by Crippen LogP contribution is -2.07. The van der Waals surface area contributed by atoms with Gasteiger partial charge in [-0.25, -0.2) is 0 Å². The molecule has 0 saturated heterocycles. The van der Waals surface area contributed by atoms with E-state index in [4.69, 9.17) is 4.74 Å². The molecule has 1 unspecified atom stereocenters. The van der Waals surface area contributed by atoms with Crippen LogP contribution in [-0.4, -0.2) is 22.1 Å². The number of hydrogen-bond acceptors (Lipinski definition) is 5. The minimum atomic E-state index is -0.485. The normalized spacial score (nSPS) is 11.9. The van der Waals surface area contributed by atoms with Crippen molar-refractivity contribution in [2.75, 3.05) is 0 Å². The smallest absolute Gasteiger partial charge is 0.311 e. The van der Waals surface area contributed by atoms with Crippen LogP contribution in [0.25, 0.3) is 0 Å². The fourth-order valence-electron chi connectivity index (χ4n) is 2.76. The molecule has 1 rings (SSSR count). The largest absolute Gasteiger partial charge is 0.427 e. The summed E-state index contributed by atoms with van der Waals surface area (Å²) in [6.45, 7) is 1.84. The number of carbonyl (C=O) groups excluding carboxylic acids is 1. The van der Waals surface area contributed by atoms with Crippen molar-refractivity contribution in [2.45, 2.75) is 83.7 Å². The van der Waals surface area contributed by atoms with Gasteiger partial charge in [0, 0.05) is 18.6 Å². The van der Waals surface area contributed by atoms with Crippen molar-refractivity contribution in [3.8, 4) is 5.75 Å². The summed E-state index contributed by atoms with van der Waals surface area (Å²) >= 11 is 0. The van der Waals surface area contributed by atoms with E-state index in [1.807, 2.05) is 6.92 Å². The van der Waals surface area contributed by atoms with Gasteiger partial charge in [0.25, 0.3) is 5.69 Å². The fourth-order valence-corrected chi connectivity index (χ4v) is 2.76. The van der Waals surface area contributed by atoms with Crippen molar-refractivity contribution in [3.05, 3.63) is 34.4 Å². The van der Waals surface area contributed by atoms with Crippen LogP contribution >= 0.6 is 0 Å². The zero-order chi connectivity index (χ0) is 19.2. The maximum atomic E-state index is 11.7. The quantitative estimate of drug-likeness (QED) is 0.161. The molecule has 0 spiro atoms. The number of aliphatic hydroxyl groups excluding tert-OH is 1. The Morgan fingerprint density at radius 2 is 1.50 bits per heavy atom. The Morgan fingerprint density at radius 1 is 1.00 bits per heavy atom. The van der Waals surface area contributed by atoms with E-state index in [2.05, 4.69) is 0 Å². The van der Waals surface area contributed by atoms with Crippen LogP contribution in [0.2, 0.25) is 0 Å². The highest BCUT2D eigenvalue weighted by atomic mass is 16.6. The number of non-ortho nitro benzene ring substituents is 1. The second kappa shape index (κ2) is 13.3. The molecular formula is C20H31NO5. The molecule has 0 radical (unpaired) electrons. The lowest BCUT2D eigenvalue weighted by atomic mass is 10.0. The van der Waals surface area contributed by atoms with Crippen LogP contribution in [0.15, 0.2) is 24.3 Å². The van der Waals surface area contributed by atoms with Gasteiger partial charge in [-0.05, 0) is 31.9 Å².